The quantitative estimate of drug-likeness (QED) is 0.563. The second-order valence-corrected chi connectivity index (χ2v) is 3.71. The van der Waals surface area contributed by atoms with Gasteiger partial charge in [0.15, 0.2) is 0 Å². The average molecular weight is 279 g/mol. The van der Waals surface area contributed by atoms with Gasteiger partial charge in [-0.25, -0.2) is 0 Å². The number of aliphatic carboxylic acids is 2. The first-order valence-corrected chi connectivity index (χ1v) is 5.22. The zero-order valence-electron chi connectivity index (χ0n) is 10.0. The molecule has 0 radical (unpaired) electrons. The highest BCUT2D eigenvalue weighted by Crippen LogP contribution is 2.24. The van der Waals surface area contributed by atoms with Crippen LogP contribution < -0.4 is 4.90 Å². The number of nitriles is 1. The number of carboxylic acids is 2. The standard InChI is InChI=1S/C11H9N3O6/c12-4-7-3-8(1-2-9(7)14(19)20)13(5-10(15)16)6-11(17)18/h1-3H,5-6H2,(H,15,16)(H,17,18). The van der Waals surface area contributed by atoms with E-state index < -0.39 is 35.6 Å². The molecule has 20 heavy (non-hydrogen) atoms. The summed E-state index contributed by atoms with van der Waals surface area (Å²) in [6, 6.07) is 4.93. The normalized spacial score (nSPS) is 9.55. The van der Waals surface area contributed by atoms with E-state index in [-0.39, 0.29) is 11.3 Å². The fourth-order valence-corrected chi connectivity index (χ4v) is 1.53. The second kappa shape index (κ2) is 6.14. The van der Waals surface area contributed by atoms with E-state index in [1.165, 1.54) is 6.07 Å². The average Bonchev–Trinajstić information content (AvgIpc) is 2.35. The summed E-state index contributed by atoms with van der Waals surface area (Å²) < 4.78 is 0. The van der Waals surface area contributed by atoms with Crippen LogP contribution in [0.3, 0.4) is 0 Å². The molecule has 0 aromatic heterocycles. The summed E-state index contributed by atoms with van der Waals surface area (Å²) in [7, 11) is 0. The maximum atomic E-state index is 10.7. The highest BCUT2D eigenvalue weighted by atomic mass is 16.6. The van der Waals surface area contributed by atoms with Crippen LogP contribution in [0.4, 0.5) is 11.4 Å². The molecule has 0 spiro atoms. The number of carboxylic acid groups (broad SMARTS) is 2. The molecule has 0 unspecified atom stereocenters. The van der Waals surface area contributed by atoms with Gasteiger partial charge in [-0.05, 0) is 12.1 Å². The van der Waals surface area contributed by atoms with E-state index >= 15 is 0 Å². The van der Waals surface area contributed by atoms with Gasteiger partial charge < -0.3 is 15.1 Å². The Kier molecular flexibility index (Phi) is 4.58. The third kappa shape index (κ3) is 3.67. The van der Waals surface area contributed by atoms with Crippen molar-refractivity contribution in [3.8, 4) is 6.07 Å². The van der Waals surface area contributed by atoms with Crippen LogP contribution in [0.25, 0.3) is 0 Å². The SMILES string of the molecule is N#Cc1cc(N(CC(=O)O)CC(=O)O)ccc1[N+](=O)[O-]. The van der Waals surface area contributed by atoms with Gasteiger partial charge in [-0.2, -0.15) is 5.26 Å². The number of benzene rings is 1. The van der Waals surface area contributed by atoms with E-state index in [2.05, 4.69) is 0 Å². The molecule has 0 heterocycles. The molecule has 0 atom stereocenters. The molecule has 1 aromatic rings. The van der Waals surface area contributed by atoms with Crippen molar-refractivity contribution in [3.05, 3.63) is 33.9 Å². The highest BCUT2D eigenvalue weighted by Gasteiger charge is 2.19. The van der Waals surface area contributed by atoms with Crippen LogP contribution in [0.15, 0.2) is 18.2 Å². The molecule has 9 nitrogen and oxygen atoms in total. The van der Waals surface area contributed by atoms with Crippen molar-refractivity contribution < 1.29 is 24.7 Å². The molecule has 0 bridgehead atoms. The third-order valence-corrected chi connectivity index (χ3v) is 2.31. The number of anilines is 1. The molecule has 0 fully saturated rings. The minimum absolute atomic E-state index is 0.108. The van der Waals surface area contributed by atoms with E-state index in [9.17, 15) is 19.7 Å². The summed E-state index contributed by atoms with van der Waals surface area (Å²) in [5, 5.41) is 36.9. The molecule has 2 N–H and O–H groups in total. The van der Waals surface area contributed by atoms with Gasteiger partial charge in [0.1, 0.15) is 24.7 Å². The van der Waals surface area contributed by atoms with E-state index in [0.717, 1.165) is 17.0 Å². The first-order valence-electron chi connectivity index (χ1n) is 5.22. The van der Waals surface area contributed by atoms with Crippen molar-refractivity contribution in [1.82, 2.24) is 0 Å². The number of nitro groups is 1. The summed E-state index contributed by atoms with van der Waals surface area (Å²) in [5.41, 5.74) is -0.591. The van der Waals surface area contributed by atoms with Gasteiger partial charge >= 0.3 is 11.9 Å². The molecular formula is C11H9N3O6. The smallest absolute Gasteiger partial charge is 0.323 e. The van der Waals surface area contributed by atoms with Crippen molar-refractivity contribution in [2.75, 3.05) is 18.0 Å². The van der Waals surface area contributed by atoms with E-state index in [1.807, 2.05) is 0 Å². The Morgan fingerprint density at radius 2 is 1.85 bits per heavy atom. The Labute approximate surface area is 112 Å². The van der Waals surface area contributed by atoms with Crippen LogP contribution in [0.1, 0.15) is 5.56 Å². The van der Waals surface area contributed by atoms with E-state index in [0.29, 0.717) is 0 Å². The lowest BCUT2D eigenvalue weighted by atomic mass is 10.1. The van der Waals surface area contributed by atoms with Crippen molar-refractivity contribution in [3.63, 3.8) is 0 Å². The van der Waals surface area contributed by atoms with Gasteiger partial charge in [-0.1, -0.05) is 0 Å². The maximum Gasteiger partial charge on any atom is 0.323 e. The summed E-state index contributed by atoms with van der Waals surface area (Å²) in [6.45, 7) is -1.20. The first kappa shape index (κ1) is 14.9. The molecular weight excluding hydrogens is 270 g/mol. The monoisotopic (exact) mass is 279 g/mol. The number of hydrogen-bond donors (Lipinski definition) is 2. The largest absolute Gasteiger partial charge is 0.480 e. The molecule has 9 heteroatoms. The van der Waals surface area contributed by atoms with Crippen LogP contribution in [0.5, 0.6) is 0 Å². The molecule has 0 aliphatic carbocycles. The lowest BCUT2D eigenvalue weighted by Gasteiger charge is -2.20. The Morgan fingerprint density at radius 1 is 1.30 bits per heavy atom. The lowest BCUT2D eigenvalue weighted by molar-refractivity contribution is -0.385. The molecule has 0 saturated heterocycles. The minimum Gasteiger partial charge on any atom is -0.480 e. The maximum absolute atomic E-state index is 10.7. The predicted molar refractivity (Wildman–Crippen MR) is 65.3 cm³/mol. The van der Waals surface area contributed by atoms with Gasteiger partial charge in [0.2, 0.25) is 0 Å². The molecule has 1 rings (SSSR count). The van der Waals surface area contributed by atoms with Crippen molar-refractivity contribution in [2.24, 2.45) is 0 Å². The zero-order valence-corrected chi connectivity index (χ0v) is 10.0. The van der Waals surface area contributed by atoms with Crippen LogP contribution in [0.2, 0.25) is 0 Å². The summed E-state index contributed by atoms with van der Waals surface area (Å²) in [4.78, 5) is 32.3. The van der Waals surface area contributed by atoms with E-state index in [4.69, 9.17) is 15.5 Å². The minimum atomic E-state index is -1.26. The van der Waals surface area contributed by atoms with Gasteiger partial charge in [0.05, 0.1) is 4.92 Å². The third-order valence-electron chi connectivity index (χ3n) is 2.31. The number of nitrogens with zero attached hydrogens (tertiary/aromatic N) is 3. The van der Waals surface area contributed by atoms with Gasteiger partial charge in [0.25, 0.3) is 5.69 Å². The zero-order chi connectivity index (χ0) is 15.3. The number of hydrogen-bond acceptors (Lipinski definition) is 6. The van der Waals surface area contributed by atoms with Crippen LogP contribution in [0, 0.1) is 21.4 Å². The number of carbonyl (C=O) groups is 2. The second-order valence-electron chi connectivity index (χ2n) is 3.71. The summed E-state index contributed by atoms with van der Waals surface area (Å²) >= 11 is 0. The fraction of sp³-hybridized carbons (Fsp3) is 0.182. The molecule has 104 valence electrons. The Morgan fingerprint density at radius 3 is 2.25 bits per heavy atom. The molecule has 0 amide bonds. The molecule has 0 saturated carbocycles. The van der Waals surface area contributed by atoms with Crippen molar-refractivity contribution in [1.29, 1.82) is 5.26 Å². The highest BCUT2D eigenvalue weighted by molar-refractivity contribution is 5.80. The van der Waals surface area contributed by atoms with Crippen LogP contribution in [-0.4, -0.2) is 40.2 Å². The predicted octanol–water partition coefficient (Wildman–Crippen LogP) is 0.442. The number of rotatable bonds is 6. The van der Waals surface area contributed by atoms with Gasteiger partial charge in [0, 0.05) is 11.8 Å². The van der Waals surface area contributed by atoms with Crippen molar-refractivity contribution >= 4 is 23.3 Å². The fourth-order valence-electron chi connectivity index (χ4n) is 1.53. The van der Waals surface area contributed by atoms with Crippen molar-refractivity contribution in [2.45, 2.75) is 0 Å². The lowest BCUT2D eigenvalue weighted by Crippen LogP contribution is -2.34. The van der Waals surface area contributed by atoms with Crippen LogP contribution in [-0.2, 0) is 9.59 Å². The van der Waals surface area contributed by atoms with Gasteiger partial charge in [-0.15, -0.1) is 0 Å². The van der Waals surface area contributed by atoms with Gasteiger partial charge in [-0.3, -0.25) is 19.7 Å². The Hall–Kier alpha value is -3.15. The summed E-state index contributed by atoms with van der Waals surface area (Å²) in [5.74, 6) is -2.52. The Balaban J connectivity index is 3.20. The Bertz CT molecular complexity index is 591. The van der Waals surface area contributed by atoms with E-state index in [1.54, 1.807) is 6.07 Å². The topological polar surface area (TPSA) is 145 Å². The number of nitro benzene ring substituents is 1. The molecule has 0 aliphatic heterocycles. The first-order chi connectivity index (χ1) is 9.35. The molecule has 0 aliphatic rings. The summed E-state index contributed by atoms with van der Waals surface area (Å²) in [6.07, 6.45) is 0. The van der Waals surface area contributed by atoms with Crippen LogP contribution >= 0.6 is 0 Å². The molecule has 1 aromatic carbocycles.